The molecule has 7 nitrogen and oxygen atoms in total. The van der Waals surface area contributed by atoms with Crippen molar-refractivity contribution in [3.63, 3.8) is 0 Å². The molecule has 0 saturated carbocycles. The molecule has 0 aromatic carbocycles. The monoisotopic (exact) mass is 395 g/mol. The molecule has 1 amide bonds. The third-order valence-corrected chi connectivity index (χ3v) is 6.01. The maximum atomic E-state index is 12.6. The normalized spacial score (nSPS) is 18.1. The van der Waals surface area contributed by atoms with Crippen LogP contribution in [-0.4, -0.2) is 65.2 Å². The van der Waals surface area contributed by atoms with Crippen LogP contribution < -0.4 is 4.90 Å². The van der Waals surface area contributed by atoms with E-state index in [9.17, 15) is 4.79 Å². The van der Waals surface area contributed by atoms with Crippen LogP contribution in [0, 0.1) is 13.8 Å². The van der Waals surface area contributed by atoms with Gasteiger partial charge in [-0.05, 0) is 44.4 Å². The number of anilines is 1. The maximum absolute atomic E-state index is 12.6. The Morgan fingerprint density at radius 2 is 1.76 bits per heavy atom. The van der Waals surface area contributed by atoms with Gasteiger partial charge in [-0.2, -0.15) is 0 Å². The lowest BCUT2D eigenvalue weighted by Gasteiger charge is -2.33. The molecule has 0 bridgehead atoms. The van der Waals surface area contributed by atoms with Crippen molar-refractivity contribution in [1.82, 2.24) is 19.9 Å². The van der Waals surface area contributed by atoms with Crippen LogP contribution in [0.25, 0.3) is 0 Å². The zero-order chi connectivity index (χ0) is 20.2. The summed E-state index contributed by atoms with van der Waals surface area (Å²) in [5, 5.41) is 0. The number of aromatic nitrogens is 3. The van der Waals surface area contributed by atoms with Crippen molar-refractivity contribution in [2.75, 3.05) is 44.3 Å². The third kappa shape index (κ3) is 4.56. The van der Waals surface area contributed by atoms with E-state index in [0.717, 1.165) is 80.7 Å². The van der Waals surface area contributed by atoms with Gasteiger partial charge in [0.05, 0.1) is 19.6 Å². The van der Waals surface area contributed by atoms with Gasteiger partial charge in [0.25, 0.3) is 0 Å². The van der Waals surface area contributed by atoms with Crippen molar-refractivity contribution < 1.29 is 9.53 Å². The van der Waals surface area contributed by atoms with Crippen molar-refractivity contribution in [3.8, 4) is 0 Å². The summed E-state index contributed by atoms with van der Waals surface area (Å²) in [6, 6.07) is 3.81. The molecule has 4 rings (SSSR count). The Hall–Kier alpha value is -2.54. The Kier molecular flexibility index (Phi) is 6.04. The number of likely N-dealkylation sites (tertiary alicyclic amines) is 1. The molecule has 2 aromatic heterocycles. The largest absolute Gasteiger partial charge is 0.378 e. The summed E-state index contributed by atoms with van der Waals surface area (Å²) in [5.41, 5.74) is 3.22. The van der Waals surface area contributed by atoms with Crippen molar-refractivity contribution in [1.29, 1.82) is 0 Å². The van der Waals surface area contributed by atoms with E-state index in [1.165, 1.54) is 0 Å². The molecule has 2 fully saturated rings. The summed E-state index contributed by atoms with van der Waals surface area (Å²) >= 11 is 0. The van der Waals surface area contributed by atoms with Gasteiger partial charge in [0, 0.05) is 55.7 Å². The number of carbonyl (C=O) groups is 1. The van der Waals surface area contributed by atoms with E-state index in [2.05, 4.69) is 23.7 Å². The number of nitrogens with zero attached hydrogens (tertiary/aromatic N) is 5. The standard InChI is InChI=1S/C22H29N5O2/c1-16-17(2)24-21(25-22(16)27-11-13-29-14-12-27)19-5-9-26(10-6-19)20(28)15-18-3-7-23-8-4-18/h3-4,7-8,19H,5-6,9-15H2,1-2H3. The molecule has 2 saturated heterocycles. The van der Waals surface area contributed by atoms with E-state index in [0.29, 0.717) is 12.3 Å². The maximum Gasteiger partial charge on any atom is 0.226 e. The summed E-state index contributed by atoms with van der Waals surface area (Å²) < 4.78 is 5.49. The summed E-state index contributed by atoms with van der Waals surface area (Å²) in [5.74, 6) is 2.46. The molecule has 2 aromatic rings. The molecule has 0 N–H and O–H groups in total. The lowest BCUT2D eigenvalue weighted by Crippen LogP contribution is -2.40. The number of hydrogen-bond acceptors (Lipinski definition) is 6. The van der Waals surface area contributed by atoms with Crippen molar-refractivity contribution in [2.24, 2.45) is 0 Å². The van der Waals surface area contributed by atoms with Crippen molar-refractivity contribution in [2.45, 2.75) is 39.0 Å². The Morgan fingerprint density at radius 3 is 2.45 bits per heavy atom. The van der Waals surface area contributed by atoms with Crippen LogP contribution >= 0.6 is 0 Å². The Labute approximate surface area is 172 Å². The number of hydrogen-bond donors (Lipinski definition) is 0. The molecule has 4 heterocycles. The lowest BCUT2D eigenvalue weighted by atomic mass is 9.95. The number of rotatable bonds is 4. The highest BCUT2D eigenvalue weighted by Crippen LogP contribution is 2.29. The zero-order valence-electron chi connectivity index (χ0n) is 17.3. The number of ether oxygens (including phenoxy) is 1. The first kappa shape index (κ1) is 19.8. The van der Waals surface area contributed by atoms with Crippen LogP contribution in [0.5, 0.6) is 0 Å². The van der Waals surface area contributed by atoms with Gasteiger partial charge in [-0.15, -0.1) is 0 Å². The van der Waals surface area contributed by atoms with Crippen LogP contribution in [0.4, 0.5) is 5.82 Å². The van der Waals surface area contributed by atoms with E-state index < -0.39 is 0 Å². The highest BCUT2D eigenvalue weighted by atomic mass is 16.5. The molecule has 154 valence electrons. The molecule has 0 spiro atoms. The number of morpholine rings is 1. The number of carbonyl (C=O) groups excluding carboxylic acids is 1. The first-order valence-corrected chi connectivity index (χ1v) is 10.5. The van der Waals surface area contributed by atoms with Crippen LogP contribution in [0.1, 0.15) is 41.4 Å². The van der Waals surface area contributed by atoms with Gasteiger partial charge in [0.2, 0.25) is 5.91 Å². The Morgan fingerprint density at radius 1 is 1.07 bits per heavy atom. The van der Waals surface area contributed by atoms with Gasteiger partial charge in [0.15, 0.2) is 0 Å². The minimum Gasteiger partial charge on any atom is -0.378 e. The topological polar surface area (TPSA) is 71.5 Å². The minimum absolute atomic E-state index is 0.185. The summed E-state index contributed by atoms with van der Waals surface area (Å²) in [6.45, 7) is 8.93. The first-order valence-electron chi connectivity index (χ1n) is 10.5. The minimum atomic E-state index is 0.185. The van der Waals surface area contributed by atoms with Crippen molar-refractivity contribution in [3.05, 3.63) is 47.2 Å². The Bertz CT molecular complexity index is 844. The number of pyridine rings is 1. The smallest absolute Gasteiger partial charge is 0.226 e. The van der Waals surface area contributed by atoms with Crippen LogP contribution in [-0.2, 0) is 16.0 Å². The van der Waals surface area contributed by atoms with Gasteiger partial charge < -0.3 is 14.5 Å². The summed E-state index contributed by atoms with van der Waals surface area (Å²) in [6.07, 6.45) is 5.73. The molecule has 0 aliphatic carbocycles. The van der Waals surface area contributed by atoms with E-state index in [1.807, 2.05) is 17.0 Å². The second-order valence-electron chi connectivity index (χ2n) is 7.90. The van der Waals surface area contributed by atoms with E-state index in [4.69, 9.17) is 14.7 Å². The number of aryl methyl sites for hydroxylation is 1. The average Bonchev–Trinajstić information content (AvgIpc) is 2.77. The summed E-state index contributed by atoms with van der Waals surface area (Å²) in [4.78, 5) is 30.7. The van der Waals surface area contributed by atoms with Gasteiger partial charge in [-0.1, -0.05) is 0 Å². The molecular weight excluding hydrogens is 366 g/mol. The average molecular weight is 396 g/mol. The van der Waals surface area contributed by atoms with E-state index >= 15 is 0 Å². The zero-order valence-corrected chi connectivity index (χ0v) is 17.3. The van der Waals surface area contributed by atoms with Gasteiger partial charge in [0.1, 0.15) is 11.6 Å². The highest BCUT2D eigenvalue weighted by molar-refractivity contribution is 5.78. The van der Waals surface area contributed by atoms with Crippen LogP contribution in [0.15, 0.2) is 24.5 Å². The molecule has 0 unspecified atom stereocenters. The summed E-state index contributed by atoms with van der Waals surface area (Å²) in [7, 11) is 0. The second kappa shape index (κ2) is 8.86. The predicted octanol–water partition coefficient (Wildman–Crippen LogP) is 2.27. The molecular formula is C22H29N5O2. The fourth-order valence-corrected chi connectivity index (χ4v) is 4.07. The predicted molar refractivity (Wildman–Crippen MR) is 111 cm³/mol. The molecule has 7 heteroatoms. The molecule has 29 heavy (non-hydrogen) atoms. The second-order valence-corrected chi connectivity index (χ2v) is 7.90. The number of amides is 1. The van der Waals surface area contributed by atoms with Gasteiger partial charge in [-0.25, -0.2) is 9.97 Å². The number of piperidine rings is 1. The lowest BCUT2D eigenvalue weighted by molar-refractivity contribution is -0.131. The van der Waals surface area contributed by atoms with Crippen molar-refractivity contribution >= 4 is 11.7 Å². The van der Waals surface area contributed by atoms with E-state index in [1.54, 1.807) is 12.4 Å². The quantitative estimate of drug-likeness (QED) is 0.791. The fraction of sp³-hybridized carbons (Fsp3) is 0.545. The van der Waals surface area contributed by atoms with Crippen LogP contribution in [0.3, 0.4) is 0 Å². The third-order valence-electron chi connectivity index (χ3n) is 6.01. The Balaban J connectivity index is 1.41. The molecule has 0 radical (unpaired) electrons. The van der Waals surface area contributed by atoms with Gasteiger partial charge >= 0.3 is 0 Å². The van der Waals surface area contributed by atoms with Crippen LogP contribution in [0.2, 0.25) is 0 Å². The first-order chi connectivity index (χ1) is 14.1. The SMILES string of the molecule is Cc1nc(C2CCN(C(=O)Cc3ccncc3)CC2)nc(N2CCOCC2)c1C. The molecule has 0 atom stereocenters. The fourth-order valence-electron chi connectivity index (χ4n) is 4.07. The van der Waals surface area contributed by atoms with E-state index in [-0.39, 0.29) is 5.91 Å². The van der Waals surface area contributed by atoms with Gasteiger partial charge in [-0.3, -0.25) is 9.78 Å². The highest BCUT2D eigenvalue weighted by Gasteiger charge is 2.27. The molecule has 2 aliphatic heterocycles. The molecule has 2 aliphatic rings.